The number of sulfonamides is 1. The van der Waals surface area contributed by atoms with Crippen molar-refractivity contribution in [2.45, 2.75) is 11.1 Å². The van der Waals surface area contributed by atoms with Crippen LogP contribution < -0.4 is 9.46 Å². The lowest BCUT2D eigenvalue weighted by atomic mass is 10.2. The molecule has 0 atom stereocenters. The fraction of sp³-hybridized carbons (Fsp3) is 0.143. The van der Waals surface area contributed by atoms with E-state index in [0.29, 0.717) is 19.2 Å². The van der Waals surface area contributed by atoms with Crippen molar-refractivity contribution in [2.24, 2.45) is 0 Å². The van der Waals surface area contributed by atoms with Crippen molar-refractivity contribution in [3.63, 3.8) is 0 Å². The molecule has 0 heterocycles. The number of hydrogen-bond donors (Lipinski definition) is 1. The van der Waals surface area contributed by atoms with Crippen molar-refractivity contribution < 1.29 is 43.9 Å². The summed E-state index contributed by atoms with van der Waals surface area (Å²) in [6.07, 6.45) is -4.82. The molecule has 0 spiro atoms. The molecule has 0 radical (unpaired) electrons. The van der Waals surface area contributed by atoms with Gasteiger partial charge < -0.3 is 4.74 Å². The van der Waals surface area contributed by atoms with Gasteiger partial charge in [-0.1, -0.05) is 6.07 Å². The molecule has 0 aliphatic heterocycles. The molecule has 2 aromatic carbocycles. The molecule has 2 rings (SSSR count). The van der Waals surface area contributed by atoms with Crippen LogP contribution in [-0.4, -0.2) is 15.5 Å². The normalized spacial score (nSPS) is 12.2. The molecule has 0 saturated heterocycles. The highest BCUT2D eigenvalue weighted by Gasteiger charge is 2.35. The largest absolute Gasteiger partial charge is 0.491 e. The predicted octanol–water partition coefficient (Wildman–Crippen LogP) is 4.07. The maximum Gasteiger partial charge on any atom is 0.416 e. The predicted molar refractivity (Wildman–Crippen MR) is 75.1 cm³/mol. The van der Waals surface area contributed by atoms with Gasteiger partial charge >= 0.3 is 6.18 Å². The Balaban J connectivity index is 2.57. The van der Waals surface area contributed by atoms with Gasteiger partial charge in [-0.2, -0.15) is 22.0 Å². The molecule has 0 amide bonds. The number of methoxy groups -OCH3 is 1. The van der Waals surface area contributed by atoms with Gasteiger partial charge in [0.2, 0.25) is 11.6 Å². The zero-order valence-electron chi connectivity index (χ0n) is 12.6. The number of anilines is 1. The van der Waals surface area contributed by atoms with E-state index in [4.69, 9.17) is 0 Å². The van der Waals surface area contributed by atoms with Gasteiger partial charge in [0.15, 0.2) is 22.3 Å². The van der Waals surface area contributed by atoms with E-state index in [9.17, 15) is 39.2 Å². The Hall–Kier alpha value is -2.50. The molecule has 0 aliphatic carbocycles. The van der Waals surface area contributed by atoms with Crippen LogP contribution in [0.3, 0.4) is 0 Å². The van der Waals surface area contributed by atoms with Crippen LogP contribution in [0, 0.1) is 23.3 Å². The third-order valence-corrected chi connectivity index (χ3v) is 4.50. The number of benzene rings is 2. The molecule has 0 unspecified atom stereocenters. The van der Waals surface area contributed by atoms with E-state index in [-0.39, 0.29) is 0 Å². The SMILES string of the molecule is COc1c(F)c(F)c(S(=O)(=O)Nc2cccc(C(F)(F)F)c2)c(F)c1F. The van der Waals surface area contributed by atoms with Crippen LogP contribution in [0.15, 0.2) is 29.2 Å². The molecule has 26 heavy (non-hydrogen) atoms. The topological polar surface area (TPSA) is 55.4 Å². The quantitative estimate of drug-likeness (QED) is 0.619. The minimum Gasteiger partial charge on any atom is -0.491 e. The highest BCUT2D eigenvalue weighted by molar-refractivity contribution is 7.92. The van der Waals surface area contributed by atoms with E-state index in [1.807, 2.05) is 0 Å². The van der Waals surface area contributed by atoms with Gasteiger partial charge in [-0.25, -0.2) is 17.2 Å². The number of alkyl halides is 3. The van der Waals surface area contributed by atoms with E-state index in [1.165, 1.54) is 4.72 Å². The van der Waals surface area contributed by atoms with Crippen LogP contribution in [0.25, 0.3) is 0 Å². The fourth-order valence-electron chi connectivity index (χ4n) is 1.97. The molecule has 0 saturated carbocycles. The maximum atomic E-state index is 13.9. The number of rotatable bonds is 4. The Morgan fingerprint density at radius 1 is 0.962 bits per heavy atom. The summed E-state index contributed by atoms with van der Waals surface area (Å²) in [6, 6.07) is 2.62. The first-order valence-electron chi connectivity index (χ1n) is 6.50. The molecule has 0 fully saturated rings. The average molecular weight is 403 g/mol. The first-order chi connectivity index (χ1) is 11.9. The third-order valence-electron chi connectivity index (χ3n) is 3.10. The second kappa shape index (κ2) is 6.67. The van der Waals surface area contributed by atoms with Crippen LogP contribution >= 0.6 is 0 Å². The van der Waals surface area contributed by atoms with Crippen LogP contribution in [-0.2, 0) is 16.2 Å². The summed E-state index contributed by atoms with van der Waals surface area (Å²) < 4.78 is 123. The summed E-state index contributed by atoms with van der Waals surface area (Å²) in [6.45, 7) is 0. The lowest BCUT2D eigenvalue weighted by Crippen LogP contribution is -2.19. The van der Waals surface area contributed by atoms with Crippen LogP contribution in [0.1, 0.15) is 5.56 Å². The van der Waals surface area contributed by atoms with Gasteiger partial charge in [-0.15, -0.1) is 0 Å². The first-order valence-corrected chi connectivity index (χ1v) is 7.98. The van der Waals surface area contributed by atoms with E-state index in [0.717, 1.165) is 12.1 Å². The Bertz CT molecular complexity index is 929. The number of halogens is 7. The minimum absolute atomic E-state index is 0.337. The van der Waals surface area contributed by atoms with E-state index in [2.05, 4.69) is 4.74 Å². The lowest BCUT2D eigenvalue weighted by Gasteiger charge is -2.14. The zero-order chi connectivity index (χ0) is 19.9. The fourth-order valence-corrected chi connectivity index (χ4v) is 3.16. The van der Waals surface area contributed by atoms with Gasteiger partial charge in [0.1, 0.15) is 0 Å². The van der Waals surface area contributed by atoms with Crippen molar-refractivity contribution >= 4 is 15.7 Å². The molecule has 4 nitrogen and oxygen atoms in total. The number of ether oxygens (including phenoxy) is 1. The van der Waals surface area contributed by atoms with Gasteiger partial charge in [-0.3, -0.25) is 4.72 Å². The Morgan fingerprint density at radius 2 is 1.50 bits per heavy atom. The Kier molecular flexibility index (Phi) is 5.08. The van der Waals surface area contributed by atoms with Crippen molar-refractivity contribution in [3.05, 3.63) is 53.1 Å². The van der Waals surface area contributed by atoms with Gasteiger partial charge in [-0.05, 0) is 18.2 Å². The smallest absolute Gasteiger partial charge is 0.416 e. The monoisotopic (exact) mass is 403 g/mol. The standard InChI is InChI=1S/C14H8F7NO3S/c1-25-12-8(15)10(17)13(11(18)9(12)16)26(23,24)22-7-4-2-3-6(5-7)14(19,20)21/h2-5,22H,1H3. The highest BCUT2D eigenvalue weighted by Crippen LogP contribution is 2.34. The van der Waals surface area contributed by atoms with Crippen LogP contribution in [0.4, 0.5) is 36.4 Å². The minimum atomic E-state index is -5.31. The summed E-state index contributed by atoms with van der Waals surface area (Å²) in [7, 11) is -4.62. The molecule has 12 heteroatoms. The second-order valence-corrected chi connectivity index (χ2v) is 6.42. The molecule has 0 aliphatic rings. The first kappa shape index (κ1) is 19.8. The molecule has 1 N–H and O–H groups in total. The maximum absolute atomic E-state index is 13.9. The number of hydrogen-bond acceptors (Lipinski definition) is 3. The summed E-state index contributed by atoms with van der Waals surface area (Å²) in [4.78, 5) is -2.04. The van der Waals surface area contributed by atoms with Crippen molar-refractivity contribution in [1.82, 2.24) is 0 Å². The summed E-state index contributed by atoms with van der Waals surface area (Å²) in [5.74, 6) is -10.3. The van der Waals surface area contributed by atoms with Crippen molar-refractivity contribution in [3.8, 4) is 5.75 Å². The Labute approximate surface area is 142 Å². The molecular formula is C14H8F7NO3S. The summed E-state index contributed by atoms with van der Waals surface area (Å²) >= 11 is 0. The van der Waals surface area contributed by atoms with Gasteiger partial charge in [0.25, 0.3) is 10.0 Å². The third kappa shape index (κ3) is 3.54. The number of nitrogens with one attached hydrogen (secondary N) is 1. The molecule has 0 bridgehead atoms. The van der Waals surface area contributed by atoms with E-state index < -0.39 is 61.4 Å². The molecule has 142 valence electrons. The van der Waals surface area contributed by atoms with E-state index in [1.54, 1.807) is 0 Å². The highest BCUT2D eigenvalue weighted by atomic mass is 32.2. The summed E-state index contributed by atoms with van der Waals surface area (Å²) in [5.41, 5.74) is -1.99. The second-order valence-electron chi connectivity index (χ2n) is 4.80. The Morgan fingerprint density at radius 3 is 1.96 bits per heavy atom. The van der Waals surface area contributed by atoms with Crippen LogP contribution in [0.2, 0.25) is 0 Å². The lowest BCUT2D eigenvalue weighted by molar-refractivity contribution is -0.137. The molecule has 2 aromatic rings. The van der Waals surface area contributed by atoms with Gasteiger partial charge in [0.05, 0.1) is 12.7 Å². The van der Waals surface area contributed by atoms with Crippen molar-refractivity contribution in [1.29, 1.82) is 0 Å². The van der Waals surface area contributed by atoms with Gasteiger partial charge in [0, 0.05) is 5.69 Å². The van der Waals surface area contributed by atoms with E-state index >= 15 is 0 Å². The van der Waals surface area contributed by atoms with Crippen LogP contribution in [0.5, 0.6) is 5.75 Å². The van der Waals surface area contributed by atoms with Crippen molar-refractivity contribution in [2.75, 3.05) is 11.8 Å². The average Bonchev–Trinajstić information content (AvgIpc) is 2.52. The zero-order valence-corrected chi connectivity index (χ0v) is 13.4. The summed E-state index contributed by atoms with van der Waals surface area (Å²) in [5, 5.41) is 0. The molecular weight excluding hydrogens is 395 g/mol. The molecule has 0 aromatic heterocycles.